The summed E-state index contributed by atoms with van der Waals surface area (Å²) in [6.07, 6.45) is 1.39. The van der Waals surface area contributed by atoms with Gasteiger partial charge in [-0.05, 0) is 13.0 Å². The van der Waals surface area contributed by atoms with Gasteiger partial charge in [-0.1, -0.05) is 12.2 Å². The smallest absolute Gasteiger partial charge is 0.341 e. The highest BCUT2D eigenvalue weighted by atomic mass is 16.5. The molecule has 0 unspecified atom stereocenters. The van der Waals surface area contributed by atoms with E-state index in [4.69, 9.17) is 4.42 Å². The first-order valence-corrected chi connectivity index (χ1v) is 4.64. The van der Waals surface area contributed by atoms with Gasteiger partial charge < -0.3 is 14.5 Å². The number of ether oxygens (including phenoxy) is 1. The van der Waals surface area contributed by atoms with Gasteiger partial charge in [0, 0.05) is 6.54 Å². The highest BCUT2D eigenvalue weighted by Crippen LogP contribution is 2.08. The van der Waals surface area contributed by atoms with E-state index in [1.165, 1.54) is 13.4 Å². The Morgan fingerprint density at radius 2 is 2.40 bits per heavy atom. The molecular weight excluding hydrogens is 194 g/mol. The normalized spacial score (nSPS) is 10.0. The van der Waals surface area contributed by atoms with Crippen LogP contribution in [0.1, 0.15) is 23.0 Å². The Bertz CT molecular complexity index is 354. The molecule has 1 N–H and O–H groups in total. The van der Waals surface area contributed by atoms with E-state index in [1.54, 1.807) is 6.07 Å². The summed E-state index contributed by atoms with van der Waals surface area (Å²) in [6.45, 7) is 7.01. The number of methoxy groups -OCH3 is 1. The Morgan fingerprint density at radius 3 is 3.00 bits per heavy atom. The van der Waals surface area contributed by atoms with E-state index in [0.29, 0.717) is 17.9 Å². The third-order valence-corrected chi connectivity index (χ3v) is 1.80. The summed E-state index contributed by atoms with van der Waals surface area (Å²) in [5, 5.41) is 3.13. The van der Waals surface area contributed by atoms with Gasteiger partial charge in [-0.2, -0.15) is 0 Å². The van der Waals surface area contributed by atoms with E-state index in [9.17, 15) is 4.79 Å². The molecule has 0 saturated carbocycles. The van der Waals surface area contributed by atoms with Crippen molar-refractivity contribution < 1.29 is 13.9 Å². The molecule has 0 radical (unpaired) electrons. The van der Waals surface area contributed by atoms with Crippen molar-refractivity contribution >= 4 is 5.97 Å². The molecule has 0 fully saturated rings. The van der Waals surface area contributed by atoms with Crippen LogP contribution < -0.4 is 5.32 Å². The van der Waals surface area contributed by atoms with Crippen LogP contribution in [0, 0.1) is 0 Å². The SMILES string of the molecule is C=C(C)CNCc1cc(C(=O)OC)co1. The maximum atomic E-state index is 11.1. The topological polar surface area (TPSA) is 51.5 Å². The fraction of sp³-hybridized carbons (Fsp3) is 0.364. The second kappa shape index (κ2) is 5.36. The molecule has 15 heavy (non-hydrogen) atoms. The predicted octanol–water partition coefficient (Wildman–Crippen LogP) is 1.73. The predicted molar refractivity (Wildman–Crippen MR) is 56.6 cm³/mol. The molecule has 0 spiro atoms. The Labute approximate surface area is 88.9 Å². The van der Waals surface area contributed by atoms with Crippen LogP contribution in [0.2, 0.25) is 0 Å². The van der Waals surface area contributed by atoms with E-state index in [1.807, 2.05) is 6.92 Å². The number of esters is 1. The molecule has 0 aliphatic rings. The van der Waals surface area contributed by atoms with Crippen molar-refractivity contribution in [2.45, 2.75) is 13.5 Å². The number of hydrogen-bond donors (Lipinski definition) is 1. The van der Waals surface area contributed by atoms with Gasteiger partial charge in [0.25, 0.3) is 0 Å². The minimum absolute atomic E-state index is 0.384. The molecule has 0 atom stereocenters. The zero-order valence-corrected chi connectivity index (χ0v) is 9.00. The number of carbonyl (C=O) groups is 1. The first-order valence-electron chi connectivity index (χ1n) is 4.64. The summed E-state index contributed by atoms with van der Waals surface area (Å²) in [4.78, 5) is 11.1. The van der Waals surface area contributed by atoms with E-state index < -0.39 is 0 Å². The molecule has 1 aromatic heterocycles. The molecule has 1 heterocycles. The zero-order valence-electron chi connectivity index (χ0n) is 9.00. The second-order valence-electron chi connectivity index (χ2n) is 3.35. The van der Waals surface area contributed by atoms with Crippen LogP contribution >= 0.6 is 0 Å². The average molecular weight is 209 g/mol. The highest BCUT2D eigenvalue weighted by molar-refractivity contribution is 5.88. The van der Waals surface area contributed by atoms with Crippen molar-refractivity contribution in [1.29, 1.82) is 0 Å². The quantitative estimate of drug-likeness (QED) is 0.592. The van der Waals surface area contributed by atoms with Gasteiger partial charge in [0.05, 0.1) is 19.2 Å². The first-order chi connectivity index (χ1) is 7.13. The maximum Gasteiger partial charge on any atom is 0.341 e. The molecule has 4 heteroatoms. The Kier molecular flexibility index (Phi) is 4.12. The van der Waals surface area contributed by atoms with Crippen molar-refractivity contribution in [3.63, 3.8) is 0 Å². The number of carbonyl (C=O) groups excluding carboxylic acids is 1. The maximum absolute atomic E-state index is 11.1. The van der Waals surface area contributed by atoms with E-state index in [0.717, 1.165) is 12.1 Å². The molecule has 0 aliphatic carbocycles. The van der Waals surface area contributed by atoms with Crippen LogP contribution in [0.3, 0.4) is 0 Å². The molecule has 1 aromatic rings. The average Bonchev–Trinajstić information content (AvgIpc) is 2.65. The largest absolute Gasteiger partial charge is 0.467 e. The van der Waals surface area contributed by atoms with E-state index in [2.05, 4.69) is 16.6 Å². The number of rotatable bonds is 5. The fourth-order valence-electron chi connectivity index (χ4n) is 1.10. The summed E-state index contributed by atoms with van der Waals surface area (Å²) in [6, 6.07) is 1.66. The van der Waals surface area contributed by atoms with Crippen molar-refractivity contribution in [3.8, 4) is 0 Å². The molecule has 82 valence electrons. The van der Waals surface area contributed by atoms with Gasteiger partial charge >= 0.3 is 5.97 Å². The van der Waals surface area contributed by atoms with Crippen molar-refractivity contribution in [3.05, 3.63) is 35.8 Å². The van der Waals surface area contributed by atoms with Crippen molar-refractivity contribution in [2.24, 2.45) is 0 Å². The third-order valence-electron chi connectivity index (χ3n) is 1.80. The summed E-state index contributed by atoms with van der Waals surface area (Å²) in [5.74, 6) is 0.321. The Morgan fingerprint density at radius 1 is 1.67 bits per heavy atom. The monoisotopic (exact) mass is 209 g/mol. The van der Waals surface area contributed by atoms with Gasteiger partial charge in [0.2, 0.25) is 0 Å². The van der Waals surface area contributed by atoms with E-state index >= 15 is 0 Å². The van der Waals surface area contributed by atoms with Crippen molar-refractivity contribution in [1.82, 2.24) is 5.32 Å². The van der Waals surface area contributed by atoms with Crippen LogP contribution in [0.15, 0.2) is 28.9 Å². The van der Waals surface area contributed by atoms with Gasteiger partial charge in [0.1, 0.15) is 12.0 Å². The lowest BCUT2D eigenvalue weighted by atomic mass is 10.3. The van der Waals surface area contributed by atoms with Gasteiger partial charge in [-0.25, -0.2) is 4.79 Å². The Hall–Kier alpha value is -1.55. The molecule has 0 aromatic carbocycles. The molecular formula is C11H15NO3. The molecule has 0 amide bonds. The van der Waals surface area contributed by atoms with Gasteiger partial charge in [-0.3, -0.25) is 0 Å². The standard InChI is InChI=1S/C11H15NO3/c1-8(2)5-12-6-10-4-9(7-15-10)11(13)14-3/h4,7,12H,1,5-6H2,2-3H3. The van der Waals surface area contributed by atoms with Crippen molar-refractivity contribution in [2.75, 3.05) is 13.7 Å². The summed E-state index contributed by atoms with van der Waals surface area (Å²) in [7, 11) is 1.34. The minimum atomic E-state index is -0.384. The zero-order chi connectivity index (χ0) is 11.3. The van der Waals surface area contributed by atoms with Crippen LogP contribution in [-0.2, 0) is 11.3 Å². The molecule has 0 saturated heterocycles. The molecule has 4 nitrogen and oxygen atoms in total. The number of hydrogen-bond acceptors (Lipinski definition) is 4. The number of furan rings is 1. The third kappa shape index (κ3) is 3.59. The lowest BCUT2D eigenvalue weighted by Gasteiger charge is -2.00. The Balaban J connectivity index is 2.46. The van der Waals surface area contributed by atoms with Gasteiger partial charge in [0.15, 0.2) is 0 Å². The van der Waals surface area contributed by atoms with Crippen LogP contribution in [0.25, 0.3) is 0 Å². The molecule has 1 rings (SSSR count). The highest BCUT2D eigenvalue weighted by Gasteiger charge is 2.09. The van der Waals surface area contributed by atoms with Crippen LogP contribution in [0.4, 0.5) is 0 Å². The van der Waals surface area contributed by atoms with Crippen LogP contribution in [-0.4, -0.2) is 19.6 Å². The lowest BCUT2D eigenvalue weighted by Crippen LogP contribution is -2.14. The molecule has 0 bridgehead atoms. The van der Waals surface area contributed by atoms with E-state index in [-0.39, 0.29) is 5.97 Å². The fourth-order valence-corrected chi connectivity index (χ4v) is 1.10. The second-order valence-corrected chi connectivity index (χ2v) is 3.35. The summed E-state index contributed by atoms with van der Waals surface area (Å²) < 4.78 is 9.74. The molecule has 0 aliphatic heterocycles. The lowest BCUT2D eigenvalue weighted by molar-refractivity contribution is 0.0600. The number of nitrogens with one attached hydrogen (secondary N) is 1. The van der Waals surface area contributed by atoms with Crippen LogP contribution in [0.5, 0.6) is 0 Å². The first kappa shape index (κ1) is 11.5. The van der Waals surface area contributed by atoms with Gasteiger partial charge in [-0.15, -0.1) is 0 Å². The summed E-state index contributed by atoms with van der Waals surface area (Å²) >= 11 is 0. The summed E-state index contributed by atoms with van der Waals surface area (Å²) in [5.41, 5.74) is 1.49. The minimum Gasteiger partial charge on any atom is -0.467 e.